The number of likely N-dealkylation sites (tertiary alicyclic amines) is 1. The Hall–Kier alpha value is -0.580. The number of halogens is 1. The highest BCUT2D eigenvalue weighted by Gasteiger charge is 2.41. The van der Waals surface area contributed by atoms with Crippen LogP contribution in [0.4, 0.5) is 0 Å². The molecule has 0 unspecified atom stereocenters. The normalized spacial score (nSPS) is 26.9. The predicted molar refractivity (Wildman–Crippen MR) is 107 cm³/mol. The average molecular weight is 386 g/mol. The molecule has 1 saturated carbocycles. The van der Waals surface area contributed by atoms with E-state index < -0.39 is 5.97 Å². The van der Waals surface area contributed by atoms with E-state index in [2.05, 4.69) is 24.0 Å². The first-order chi connectivity index (χ1) is 12.5. The van der Waals surface area contributed by atoms with Gasteiger partial charge in [0.25, 0.3) is 0 Å². The maximum absolute atomic E-state index is 10.6. The van der Waals surface area contributed by atoms with Gasteiger partial charge in [-0.2, -0.15) is 0 Å². The second-order valence-electron chi connectivity index (χ2n) is 8.13. The maximum atomic E-state index is 10.6. The van der Waals surface area contributed by atoms with Crippen LogP contribution in [0.15, 0.2) is 12.2 Å². The molecule has 26 heavy (non-hydrogen) atoms. The van der Waals surface area contributed by atoms with Gasteiger partial charge in [-0.3, -0.25) is 9.69 Å². The molecule has 1 saturated heterocycles. The van der Waals surface area contributed by atoms with Crippen molar-refractivity contribution < 1.29 is 15.0 Å². The van der Waals surface area contributed by atoms with Gasteiger partial charge in [0, 0.05) is 12.5 Å². The van der Waals surface area contributed by atoms with Crippen LogP contribution in [-0.4, -0.2) is 51.7 Å². The molecule has 150 valence electrons. The lowest BCUT2D eigenvalue weighted by Crippen LogP contribution is -2.41. The zero-order chi connectivity index (χ0) is 19.0. The highest BCUT2D eigenvalue weighted by atomic mass is 35.5. The number of carboxylic acid groups (broad SMARTS) is 1. The lowest BCUT2D eigenvalue weighted by molar-refractivity contribution is -0.137. The second kappa shape index (κ2) is 10.7. The minimum atomic E-state index is -0.727. The van der Waals surface area contributed by atoms with E-state index in [1.807, 2.05) is 0 Å². The number of nitrogens with zero attached hydrogens (tertiary/aromatic N) is 1. The summed E-state index contributed by atoms with van der Waals surface area (Å²) in [4.78, 5) is 13.0. The second-order valence-corrected chi connectivity index (χ2v) is 8.69. The molecule has 0 bridgehead atoms. The van der Waals surface area contributed by atoms with E-state index >= 15 is 0 Å². The first kappa shape index (κ1) is 21.7. The van der Waals surface area contributed by atoms with E-state index in [0.29, 0.717) is 12.5 Å². The summed E-state index contributed by atoms with van der Waals surface area (Å²) in [6.45, 7) is 4.26. The Bertz CT molecular complexity index is 459. The van der Waals surface area contributed by atoms with Gasteiger partial charge in [0.05, 0.1) is 11.5 Å². The molecular formula is C21H36ClNO3. The standard InChI is InChI=1S/C21H36ClNO3/c1-2-21(13-8-14-21)19(24)10-7-15-23-16-12-17(22)18(23)9-5-3-4-6-11-20(25)26/h3,5,17-19,24H,2,4,6-16H2,1H3,(H,25,26)/t17-,18+,19+/m1/s1. The van der Waals surface area contributed by atoms with Gasteiger partial charge in [-0.1, -0.05) is 25.5 Å². The summed E-state index contributed by atoms with van der Waals surface area (Å²) in [7, 11) is 0. The molecule has 0 aromatic rings. The molecule has 0 aromatic heterocycles. The molecule has 2 aliphatic rings. The van der Waals surface area contributed by atoms with Crippen molar-refractivity contribution in [3.63, 3.8) is 0 Å². The zero-order valence-electron chi connectivity index (χ0n) is 16.2. The lowest BCUT2D eigenvalue weighted by Gasteiger charge is -2.45. The third-order valence-corrected chi connectivity index (χ3v) is 7.08. The molecule has 0 spiro atoms. The number of aliphatic hydroxyl groups is 1. The SMILES string of the molecule is CCC1([C@@H](O)CCCN2CC[C@@H](Cl)[C@@H]2CC=CCCCC(=O)O)CCC1. The number of aliphatic hydroxyl groups excluding tert-OH is 1. The van der Waals surface area contributed by atoms with Crippen molar-refractivity contribution in [2.45, 2.75) is 95.1 Å². The molecule has 1 aliphatic heterocycles. The third-order valence-electron chi connectivity index (χ3n) is 6.57. The lowest BCUT2D eigenvalue weighted by atomic mass is 9.62. The quantitative estimate of drug-likeness (QED) is 0.293. The van der Waals surface area contributed by atoms with Crippen LogP contribution < -0.4 is 0 Å². The maximum Gasteiger partial charge on any atom is 0.303 e. The number of hydrogen-bond donors (Lipinski definition) is 2. The first-order valence-corrected chi connectivity index (χ1v) is 10.8. The van der Waals surface area contributed by atoms with Crippen molar-refractivity contribution in [1.29, 1.82) is 0 Å². The Labute approximate surface area is 163 Å². The number of hydrogen-bond acceptors (Lipinski definition) is 3. The van der Waals surface area contributed by atoms with Gasteiger partial charge in [0.15, 0.2) is 0 Å². The van der Waals surface area contributed by atoms with E-state index in [0.717, 1.165) is 51.6 Å². The van der Waals surface area contributed by atoms with Gasteiger partial charge in [0.2, 0.25) is 0 Å². The molecule has 4 nitrogen and oxygen atoms in total. The third kappa shape index (κ3) is 5.97. The highest BCUT2D eigenvalue weighted by Crippen LogP contribution is 2.47. The molecule has 0 radical (unpaired) electrons. The summed E-state index contributed by atoms with van der Waals surface area (Å²) in [5.74, 6) is -0.727. The fourth-order valence-electron chi connectivity index (χ4n) is 4.52. The summed E-state index contributed by atoms with van der Waals surface area (Å²) in [6.07, 6.45) is 14.5. The number of rotatable bonds is 12. The molecule has 1 aliphatic carbocycles. The van der Waals surface area contributed by atoms with Crippen molar-refractivity contribution in [3.05, 3.63) is 12.2 Å². The van der Waals surface area contributed by atoms with E-state index in [-0.39, 0.29) is 23.3 Å². The number of carbonyl (C=O) groups is 1. The van der Waals surface area contributed by atoms with Crippen LogP contribution in [0.2, 0.25) is 0 Å². The van der Waals surface area contributed by atoms with E-state index in [4.69, 9.17) is 16.7 Å². The molecule has 5 heteroatoms. The number of unbranched alkanes of at least 4 members (excludes halogenated alkanes) is 1. The first-order valence-electron chi connectivity index (χ1n) is 10.4. The Balaban J connectivity index is 1.68. The van der Waals surface area contributed by atoms with Crippen LogP contribution >= 0.6 is 11.6 Å². The Morgan fingerprint density at radius 3 is 2.73 bits per heavy atom. The van der Waals surface area contributed by atoms with Crippen LogP contribution in [0.25, 0.3) is 0 Å². The molecule has 2 N–H and O–H groups in total. The van der Waals surface area contributed by atoms with Gasteiger partial charge >= 0.3 is 5.97 Å². The van der Waals surface area contributed by atoms with Crippen LogP contribution in [0.3, 0.4) is 0 Å². The van der Waals surface area contributed by atoms with E-state index in [1.54, 1.807) is 0 Å². The van der Waals surface area contributed by atoms with Gasteiger partial charge in [-0.15, -0.1) is 11.6 Å². The molecule has 2 fully saturated rings. The summed E-state index contributed by atoms with van der Waals surface area (Å²) < 4.78 is 0. The topological polar surface area (TPSA) is 60.8 Å². The molecular weight excluding hydrogens is 350 g/mol. The minimum Gasteiger partial charge on any atom is -0.481 e. The van der Waals surface area contributed by atoms with Crippen LogP contribution in [0.5, 0.6) is 0 Å². The van der Waals surface area contributed by atoms with Crippen LogP contribution in [0, 0.1) is 5.41 Å². The van der Waals surface area contributed by atoms with Crippen molar-refractivity contribution >= 4 is 17.6 Å². The number of aliphatic carboxylic acids is 1. The number of allylic oxidation sites excluding steroid dienone is 1. The molecule has 0 amide bonds. The van der Waals surface area contributed by atoms with Gasteiger partial charge in [-0.05, 0) is 76.3 Å². The average Bonchev–Trinajstić information content (AvgIpc) is 2.90. The van der Waals surface area contributed by atoms with E-state index in [9.17, 15) is 9.90 Å². The predicted octanol–water partition coefficient (Wildman–Crippen LogP) is 4.59. The fourth-order valence-corrected chi connectivity index (χ4v) is 4.88. The molecule has 1 heterocycles. The molecule has 3 atom stereocenters. The Morgan fingerprint density at radius 1 is 1.35 bits per heavy atom. The Morgan fingerprint density at radius 2 is 2.12 bits per heavy atom. The van der Waals surface area contributed by atoms with Gasteiger partial charge in [-0.25, -0.2) is 0 Å². The Kier molecular flexibility index (Phi) is 8.92. The van der Waals surface area contributed by atoms with Crippen molar-refractivity contribution in [2.75, 3.05) is 13.1 Å². The summed E-state index contributed by atoms with van der Waals surface area (Å²) in [5.41, 5.74) is 0.206. The summed E-state index contributed by atoms with van der Waals surface area (Å²) >= 11 is 6.52. The van der Waals surface area contributed by atoms with Crippen LogP contribution in [0.1, 0.15) is 77.6 Å². The monoisotopic (exact) mass is 385 g/mol. The smallest absolute Gasteiger partial charge is 0.303 e. The number of carboxylic acids is 1. The van der Waals surface area contributed by atoms with E-state index in [1.165, 1.54) is 19.3 Å². The van der Waals surface area contributed by atoms with Crippen molar-refractivity contribution in [1.82, 2.24) is 4.90 Å². The summed E-state index contributed by atoms with van der Waals surface area (Å²) in [5, 5.41) is 19.4. The van der Waals surface area contributed by atoms with Crippen molar-refractivity contribution in [2.24, 2.45) is 5.41 Å². The fraction of sp³-hybridized carbons (Fsp3) is 0.857. The largest absolute Gasteiger partial charge is 0.481 e. The van der Waals surface area contributed by atoms with Gasteiger partial charge in [0.1, 0.15) is 0 Å². The summed E-state index contributed by atoms with van der Waals surface area (Å²) in [6, 6.07) is 0.369. The van der Waals surface area contributed by atoms with Gasteiger partial charge < -0.3 is 10.2 Å². The molecule has 2 rings (SSSR count). The highest BCUT2D eigenvalue weighted by molar-refractivity contribution is 6.21. The molecule has 0 aromatic carbocycles. The zero-order valence-corrected chi connectivity index (χ0v) is 17.0. The minimum absolute atomic E-state index is 0.150. The van der Waals surface area contributed by atoms with Crippen molar-refractivity contribution in [3.8, 4) is 0 Å². The van der Waals surface area contributed by atoms with Crippen LogP contribution in [-0.2, 0) is 4.79 Å². The number of alkyl halides is 1.